The Morgan fingerprint density at radius 2 is 2.41 bits per heavy atom. The number of ether oxygens (including phenoxy) is 1. The molecule has 1 atom stereocenters. The molecule has 3 rings (SSSR count). The molecule has 0 saturated carbocycles. The van der Waals surface area contributed by atoms with Crippen LogP contribution in [0.3, 0.4) is 0 Å². The number of nitrogens with zero attached hydrogens (tertiary/aromatic N) is 4. The summed E-state index contributed by atoms with van der Waals surface area (Å²) in [6.45, 7) is 2.24. The van der Waals surface area contributed by atoms with E-state index in [1.165, 1.54) is 0 Å². The van der Waals surface area contributed by atoms with Crippen LogP contribution >= 0.6 is 11.3 Å². The maximum absolute atomic E-state index is 5.50. The summed E-state index contributed by atoms with van der Waals surface area (Å²) in [7, 11) is 0. The molecular weight excluding hydrogens is 238 g/mol. The fourth-order valence-electron chi connectivity index (χ4n) is 2.02. The minimum atomic E-state index is 0.342. The quantitative estimate of drug-likeness (QED) is 0.862. The second-order valence-corrected chi connectivity index (χ2v) is 5.24. The van der Waals surface area contributed by atoms with Crippen LogP contribution in [0.5, 0.6) is 0 Å². The van der Waals surface area contributed by atoms with Crippen LogP contribution in [0.1, 0.15) is 29.6 Å². The highest BCUT2D eigenvalue weighted by Gasteiger charge is 2.24. The number of nitrogens with two attached hydrogens (primary N) is 1. The number of aromatic nitrogens is 4. The Morgan fingerprint density at radius 3 is 3.18 bits per heavy atom. The van der Waals surface area contributed by atoms with Gasteiger partial charge in [-0.05, 0) is 19.4 Å². The van der Waals surface area contributed by atoms with E-state index < -0.39 is 0 Å². The Kier molecular flexibility index (Phi) is 3.04. The Balaban J connectivity index is 1.88. The third kappa shape index (κ3) is 2.05. The van der Waals surface area contributed by atoms with Crippen molar-refractivity contribution in [1.82, 2.24) is 19.8 Å². The van der Waals surface area contributed by atoms with Crippen molar-refractivity contribution in [3.63, 3.8) is 0 Å². The van der Waals surface area contributed by atoms with Crippen LogP contribution in [0.25, 0.3) is 4.96 Å². The highest BCUT2D eigenvalue weighted by Crippen LogP contribution is 2.25. The van der Waals surface area contributed by atoms with E-state index in [1.54, 1.807) is 11.3 Å². The van der Waals surface area contributed by atoms with Crippen LogP contribution in [-0.4, -0.2) is 39.6 Å². The average molecular weight is 253 g/mol. The smallest absolute Gasteiger partial charge is 0.234 e. The summed E-state index contributed by atoms with van der Waals surface area (Å²) in [5, 5.41) is 14.0. The van der Waals surface area contributed by atoms with E-state index in [1.807, 2.05) is 4.52 Å². The van der Waals surface area contributed by atoms with Gasteiger partial charge in [0.2, 0.25) is 4.96 Å². The summed E-state index contributed by atoms with van der Waals surface area (Å²) in [5.74, 6) is 1.28. The Bertz CT molecular complexity index is 502. The number of fused-ring (bicyclic) bond motifs is 1. The summed E-state index contributed by atoms with van der Waals surface area (Å²) in [4.78, 5) is 0.874. The molecule has 0 aromatic carbocycles. The molecule has 3 heterocycles. The van der Waals surface area contributed by atoms with Crippen molar-refractivity contribution in [3.05, 3.63) is 10.8 Å². The predicted octanol–water partition coefficient (Wildman–Crippen LogP) is 0.581. The van der Waals surface area contributed by atoms with Crippen LogP contribution < -0.4 is 5.73 Å². The van der Waals surface area contributed by atoms with Crippen molar-refractivity contribution in [3.8, 4) is 0 Å². The zero-order chi connectivity index (χ0) is 11.7. The second-order valence-electron chi connectivity index (χ2n) is 4.20. The number of hydrogen-bond acceptors (Lipinski definition) is 6. The lowest BCUT2D eigenvalue weighted by Crippen LogP contribution is -2.05. The van der Waals surface area contributed by atoms with Crippen LogP contribution in [0.15, 0.2) is 0 Å². The average Bonchev–Trinajstić information content (AvgIpc) is 3.01. The van der Waals surface area contributed by atoms with Gasteiger partial charge in [0.25, 0.3) is 0 Å². The highest BCUT2D eigenvalue weighted by molar-refractivity contribution is 7.16. The van der Waals surface area contributed by atoms with E-state index in [4.69, 9.17) is 10.5 Å². The molecule has 1 aliphatic heterocycles. The molecule has 2 aromatic rings. The van der Waals surface area contributed by atoms with Gasteiger partial charge in [-0.3, -0.25) is 0 Å². The monoisotopic (exact) mass is 253 g/mol. The maximum Gasteiger partial charge on any atom is 0.234 e. The number of hydrogen-bond donors (Lipinski definition) is 1. The topological polar surface area (TPSA) is 78.3 Å². The molecular formula is C10H15N5OS. The molecule has 0 bridgehead atoms. The molecule has 0 aliphatic carbocycles. The minimum absolute atomic E-state index is 0.342. The number of aryl methyl sites for hydroxylation is 1. The summed E-state index contributed by atoms with van der Waals surface area (Å²) in [6, 6.07) is 0. The third-order valence-corrected chi connectivity index (χ3v) is 3.90. The Morgan fingerprint density at radius 1 is 1.47 bits per heavy atom. The van der Waals surface area contributed by atoms with Gasteiger partial charge in [0.1, 0.15) is 5.01 Å². The van der Waals surface area contributed by atoms with Gasteiger partial charge in [-0.25, -0.2) is 0 Å². The normalized spacial score (nSPS) is 20.4. The van der Waals surface area contributed by atoms with Crippen molar-refractivity contribution in [2.75, 3.05) is 19.8 Å². The predicted molar refractivity (Wildman–Crippen MR) is 64.2 cm³/mol. The summed E-state index contributed by atoms with van der Waals surface area (Å²) in [5.41, 5.74) is 5.50. The van der Waals surface area contributed by atoms with Crippen LogP contribution in [0, 0.1) is 0 Å². The van der Waals surface area contributed by atoms with E-state index in [0.29, 0.717) is 12.5 Å². The highest BCUT2D eigenvalue weighted by atomic mass is 32.1. The molecule has 1 aliphatic rings. The molecule has 0 radical (unpaired) electrons. The van der Waals surface area contributed by atoms with Crippen molar-refractivity contribution >= 4 is 16.3 Å². The zero-order valence-corrected chi connectivity index (χ0v) is 10.3. The summed E-state index contributed by atoms with van der Waals surface area (Å²) < 4.78 is 7.25. The lowest BCUT2D eigenvalue weighted by Gasteiger charge is -2.01. The molecule has 0 amide bonds. The molecule has 7 heteroatoms. The fraction of sp³-hybridized carbons (Fsp3) is 0.700. The van der Waals surface area contributed by atoms with Gasteiger partial charge >= 0.3 is 0 Å². The van der Waals surface area contributed by atoms with Gasteiger partial charge in [-0.1, -0.05) is 11.3 Å². The minimum Gasteiger partial charge on any atom is -0.381 e. The molecule has 2 N–H and O–H groups in total. The van der Waals surface area contributed by atoms with Crippen molar-refractivity contribution in [2.45, 2.75) is 25.2 Å². The first kappa shape index (κ1) is 11.1. The molecule has 1 fully saturated rings. The number of rotatable bonds is 4. The first-order valence-electron chi connectivity index (χ1n) is 5.87. The first-order valence-corrected chi connectivity index (χ1v) is 6.69. The van der Waals surface area contributed by atoms with Crippen LogP contribution in [-0.2, 0) is 11.2 Å². The Labute approximate surface area is 103 Å². The van der Waals surface area contributed by atoms with Crippen molar-refractivity contribution in [1.29, 1.82) is 0 Å². The van der Waals surface area contributed by atoms with Crippen molar-refractivity contribution in [2.24, 2.45) is 5.73 Å². The van der Waals surface area contributed by atoms with Gasteiger partial charge in [0, 0.05) is 18.9 Å². The van der Waals surface area contributed by atoms with E-state index in [9.17, 15) is 0 Å². The van der Waals surface area contributed by atoms with Gasteiger partial charge in [-0.15, -0.1) is 10.2 Å². The third-order valence-electron chi connectivity index (χ3n) is 2.95. The SMILES string of the molecule is NCCCc1nn2c(C3CCOC3)nnc2s1. The fourth-order valence-corrected chi connectivity index (χ4v) is 2.90. The molecule has 0 spiro atoms. The first-order chi connectivity index (χ1) is 8.38. The van der Waals surface area contributed by atoms with Gasteiger partial charge in [0.05, 0.1) is 6.61 Å². The summed E-state index contributed by atoms with van der Waals surface area (Å²) in [6.07, 6.45) is 2.90. The molecule has 6 nitrogen and oxygen atoms in total. The van der Waals surface area contributed by atoms with Crippen molar-refractivity contribution < 1.29 is 4.74 Å². The van der Waals surface area contributed by atoms with E-state index >= 15 is 0 Å². The maximum atomic E-state index is 5.50. The lowest BCUT2D eigenvalue weighted by molar-refractivity contribution is 0.193. The largest absolute Gasteiger partial charge is 0.381 e. The molecule has 92 valence electrons. The summed E-state index contributed by atoms with van der Waals surface area (Å²) >= 11 is 1.60. The van der Waals surface area contributed by atoms with Crippen LogP contribution in [0.4, 0.5) is 0 Å². The van der Waals surface area contributed by atoms with Gasteiger partial charge in [-0.2, -0.15) is 9.61 Å². The standard InChI is InChI=1S/C10H15N5OS/c11-4-1-2-8-14-15-9(7-3-5-16-6-7)12-13-10(15)17-8/h7H,1-6,11H2. The van der Waals surface area contributed by atoms with Gasteiger partial charge < -0.3 is 10.5 Å². The molecule has 17 heavy (non-hydrogen) atoms. The van der Waals surface area contributed by atoms with E-state index in [2.05, 4.69) is 15.3 Å². The lowest BCUT2D eigenvalue weighted by atomic mass is 10.1. The van der Waals surface area contributed by atoms with Crippen LogP contribution in [0.2, 0.25) is 0 Å². The molecule has 1 saturated heterocycles. The second kappa shape index (κ2) is 4.67. The van der Waals surface area contributed by atoms with E-state index in [0.717, 1.165) is 48.3 Å². The van der Waals surface area contributed by atoms with Gasteiger partial charge in [0.15, 0.2) is 5.82 Å². The van der Waals surface area contributed by atoms with E-state index in [-0.39, 0.29) is 0 Å². The Hall–Kier alpha value is -1.05. The molecule has 1 unspecified atom stereocenters. The zero-order valence-electron chi connectivity index (χ0n) is 9.50. The molecule has 2 aromatic heterocycles.